The molecule has 0 unspecified atom stereocenters. The Morgan fingerprint density at radius 3 is 2.20 bits per heavy atom. The fourth-order valence-corrected chi connectivity index (χ4v) is 6.13. The number of fused-ring (bicyclic) bond motifs is 8. The van der Waals surface area contributed by atoms with Crippen LogP contribution in [0.25, 0.3) is 44.4 Å². The summed E-state index contributed by atoms with van der Waals surface area (Å²) < 4.78 is 5.22. The van der Waals surface area contributed by atoms with Crippen LogP contribution in [0.2, 0.25) is 0 Å². The first-order chi connectivity index (χ1) is 19.2. The summed E-state index contributed by atoms with van der Waals surface area (Å²) in [5.41, 5.74) is 17.7. The van der Waals surface area contributed by atoms with E-state index in [2.05, 4.69) is 82.7 Å². The smallest absolute Gasteiger partial charge is 0.306 e. The molecular weight excluding hydrogens is 496 g/mol. The molecule has 0 amide bonds. The zero-order valence-corrected chi connectivity index (χ0v) is 25.1. The topological polar surface area (TPSA) is 83.7 Å². The van der Waals surface area contributed by atoms with Gasteiger partial charge in [0.2, 0.25) is 0 Å². The number of aryl methyl sites for hydroxylation is 4. The standard InChI is InChI=1S/C34H40N4O2/c1-9-24-21(7)33-22(8)34-25(10-2)19(5)29(37-34)17-28-20(6)26(12-13-32(39)40-11-3)30(36-28)15-23-14-18(4)27(35-23)16-31(24)38-33/h14-17,35,38H,9-13H2,1-8H3. The van der Waals surface area contributed by atoms with Gasteiger partial charge in [-0.2, -0.15) is 0 Å². The van der Waals surface area contributed by atoms with Gasteiger partial charge < -0.3 is 14.7 Å². The molecule has 6 heteroatoms. The van der Waals surface area contributed by atoms with Crippen molar-refractivity contribution in [3.8, 4) is 0 Å². The van der Waals surface area contributed by atoms with E-state index in [0.717, 1.165) is 68.8 Å². The number of ether oxygens (including phenoxy) is 1. The Morgan fingerprint density at radius 1 is 0.775 bits per heavy atom. The predicted molar refractivity (Wildman–Crippen MR) is 166 cm³/mol. The lowest BCUT2D eigenvalue weighted by Gasteiger charge is -2.05. The number of nitrogens with zero attached hydrogens (tertiary/aromatic N) is 2. The predicted octanol–water partition coefficient (Wildman–Crippen LogP) is 8.42. The van der Waals surface area contributed by atoms with E-state index in [9.17, 15) is 4.79 Å². The van der Waals surface area contributed by atoms with Crippen molar-refractivity contribution in [1.29, 1.82) is 0 Å². The number of rotatable bonds is 6. The fourth-order valence-electron chi connectivity index (χ4n) is 6.13. The first-order valence-corrected chi connectivity index (χ1v) is 14.4. The first kappa shape index (κ1) is 27.6. The van der Waals surface area contributed by atoms with Gasteiger partial charge in [-0.15, -0.1) is 0 Å². The number of carbonyl (C=O) groups excluding carboxylic acids is 1. The summed E-state index contributed by atoms with van der Waals surface area (Å²) >= 11 is 0. The summed E-state index contributed by atoms with van der Waals surface area (Å²) in [6, 6.07) is 8.59. The van der Waals surface area contributed by atoms with Crippen molar-refractivity contribution in [2.45, 2.75) is 81.1 Å². The molecule has 0 saturated heterocycles. The molecule has 0 atom stereocenters. The van der Waals surface area contributed by atoms with Crippen LogP contribution in [0, 0.1) is 20.8 Å². The van der Waals surface area contributed by atoms with Gasteiger partial charge in [-0.3, -0.25) is 4.79 Å². The largest absolute Gasteiger partial charge is 0.466 e. The third kappa shape index (κ3) is 4.80. The fraction of sp³-hybridized carbons (Fsp3) is 0.382. The van der Waals surface area contributed by atoms with Crippen LogP contribution < -0.4 is 0 Å². The van der Waals surface area contributed by atoms with E-state index in [1.165, 1.54) is 33.4 Å². The SMILES string of the molecule is CCOC(=O)CCC1=C(C)c2cc3nc(c(C)c4[nH]c(cc5[nH]c(cc1n2)cc5C)c(CC)c4C)C(CC)=C3C. The monoisotopic (exact) mass is 536 g/mol. The molecule has 2 N–H and O–H groups in total. The van der Waals surface area contributed by atoms with E-state index < -0.39 is 0 Å². The molecule has 0 fully saturated rings. The Morgan fingerprint density at radius 2 is 1.50 bits per heavy atom. The van der Waals surface area contributed by atoms with Crippen LogP contribution in [0.4, 0.5) is 0 Å². The van der Waals surface area contributed by atoms with E-state index in [4.69, 9.17) is 14.7 Å². The second-order valence-corrected chi connectivity index (χ2v) is 10.8. The number of hydrogen-bond donors (Lipinski definition) is 2. The summed E-state index contributed by atoms with van der Waals surface area (Å²) in [5, 5.41) is 0. The van der Waals surface area contributed by atoms with Crippen LogP contribution in [0.1, 0.15) is 98.9 Å². The van der Waals surface area contributed by atoms with Gasteiger partial charge >= 0.3 is 5.97 Å². The van der Waals surface area contributed by atoms with Gasteiger partial charge in [0.25, 0.3) is 0 Å². The highest BCUT2D eigenvalue weighted by molar-refractivity contribution is 5.96. The van der Waals surface area contributed by atoms with Gasteiger partial charge in [0, 0.05) is 28.5 Å². The zero-order valence-electron chi connectivity index (χ0n) is 25.1. The second kappa shape index (κ2) is 10.9. The van der Waals surface area contributed by atoms with Gasteiger partial charge in [0.15, 0.2) is 0 Å². The average molecular weight is 537 g/mol. The summed E-state index contributed by atoms with van der Waals surface area (Å²) in [6.45, 7) is 17.4. The maximum absolute atomic E-state index is 12.2. The van der Waals surface area contributed by atoms with Crippen LogP contribution in [-0.2, 0) is 16.0 Å². The molecule has 2 aliphatic heterocycles. The number of hydrogen-bond acceptors (Lipinski definition) is 4. The maximum atomic E-state index is 12.2. The van der Waals surface area contributed by atoms with E-state index in [-0.39, 0.29) is 5.97 Å². The van der Waals surface area contributed by atoms with E-state index in [1.807, 2.05) is 6.92 Å². The summed E-state index contributed by atoms with van der Waals surface area (Å²) in [6.07, 6.45) is 2.74. The van der Waals surface area contributed by atoms with E-state index >= 15 is 0 Å². The highest BCUT2D eigenvalue weighted by Gasteiger charge is 2.22. The Labute approximate surface area is 236 Å². The van der Waals surface area contributed by atoms with Gasteiger partial charge in [0.1, 0.15) is 0 Å². The second-order valence-electron chi connectivity index (χ2n) is 10.8. The molecule has 8 bridgehead atoms. The lowest BCUT2D eigenvalue weighted by Crippen LogP contribution is -2.03. The highest BCUT2D eigenvalue weighted by Crippen LogP contribution is 2.38. The van der Waals surface area contributed by atoms with Crippen molar-refractivity contribution in [2.75, 3.05) is 6.61 Å². The highest BCUT2D eigenvalue weighted by atomic mass is 16.5. The number of nitrogens with one attached hydrogen (secondary N) is 2. The Hall–Kier alpha value is -3.93. The number of aromatic nitrogens is 4. The number of esters is 1. The van der Waals surface area contributed by atoms with Crippen LogP contribution in [0.3, 0.4) is 0 Å². The first-order valence-electron chi connectivity index (χ1n) is 14.4. The van der Waals surface area contributed by atoms with Crippen LogP contribution in [0.15, 0.2) is 24.3 Å². The van der Waals surface area contributed by atoms with Gasteiger partial charge in [-0.1, -0.05) is 13.8 Å². The Kier molecular flexibility index (Phi) is 7.54. The van der Waals surface area contributed by atoms with Gasteiger partial charge in [0.05, 0.1) is 29.4 Å². The molecule has 5 heterocycles. The summed E-state index contributed by atoms with van der Waals surface area (Å²) in [7, 11) is 0. The molecule has 3 aromatic heterocycles. The Balaban J connectivity index is 1.87. The van der Waals surface area contributed by atoms with Gasteiger partial charge in [-0.25, -0.2) is 9.97 Å². The molecule has 0 spiro atoms. The third-order valence-corrected chi connectivity index (χ3v) is 8.41. The molecule has 0 radical (unpaired) electrons. The van der Waals surface area contributed by atoms with Crippen molar-refractivity contribution in [1.82, 2.24) is 19.9 Å². The third-order valence-electron chi connectivity index (χ3n) is 8.41. The van der Waals surface area contributed by atoms with Crippen molar-refractivity contribution in [3.05, 3.63) is 69.3 Å². The number of carbonyl (C=O) groups is 1. The van der Waals surface area contributed by atoms with E-state index in [1.54, 1.807) is 0 Å². The molecule has 5 rings (SSSR count). The summed E-state index contributed by atoms with van der Waals surface area (Å²) in [4.78, 5) is 29.9. The molecule has 40 heavy (non-hydrogen) atoms. The number of H-pyrrole nitrogens is 2. The minimum atomic E-state index is -0.186. The number of allylic oxidation sites excluding steroid dienone is 4. The molecule has 6 nitrogen and oxygen atoms in total. The van der Waals surface area contributed by atoms with Gasteiger partial charge in [-0.05, 0) is 130 Å². The summed E-state index contributed by atoms with van der Waals surface area (Å²) in [5.74, 6) is -0.186. The van der Waals surface area contributed by atoms with Crippen molar-refractivity contribution in [3.63, 3.8) is 0 Å². The van der Waals surface area contributed by atoms with Crippen molar-refractivity contribution >= 4 is 50.3 Å². The molecule has 2 aliphatic rings. The lowest BCUT2D eigenvalue weighted by atomic mass is 9.99. The molecule has 0 aliphatic carbocycles. The average Bonchev–Trinajstić information content (AvgIpc) is 3.61. The van der Waals surface area contributed by atoms with Crippen molar-refractivity contribution in [2.24, 2.45) is 0 Å². The molecule has 208 valence electrons. The normalized spacial score (nSPS) is 13.4. The van der Waals surface area contributed by atoms with E-state index in [0.29, 0.717) is 19.4 Å². The quantitative estimate of drug-likeness (QED) is 0.310. The number of aromatic amines is 2. The Bertz CT molecular complexity index is 1750. The maximum Gasteiger partial charge on any atom is 0.306 e. The van der Waals surface area contributed by atoms with Crippen LogP contribution in [-0.4, -0.2) is 32.5 Å². The molecule has 0 saturated carbocycles. The lowest BCUT2D eigenvalue weighted by molar-refractivity contribution is -0.142. The zero-order chi connectivity index (χ0) is 28.7. The minimum Gasteiger partial charge on any atom is -0.466 e. The van der Waals surface area contributed by atoms with Crippen LogP contribution >= 0.6 is 0 Å². The molecular formula is C34H40N4O2. The van der Waals surface area contributed by atoms with Crippen molar-refractivity contribution < 1.29 is 9.53 Å². The minimum absolute atomic E-state index is 0.186. The van der Waals surface area contributed by atoms with Crippen LogP contribution in [0.5, 0.6) is 0 Å². The molecule has 0 aromatic carbocycles. The molecule has 3 aromatic rings.